The van der Waals surface area contributed by atoms with Gasteiger partial charge in [-0.1, -0.05) is 0 Å². The number of carbonyl (C=O) groups excluding carboxylic acids is 1. The number of rotatable bonds is 3. The van der Waals surface area contributed by atoms with Gasteiger partial charge in [-0.3, -0.25) is 4.79 Å². The lowest BCUT2D eigenvalue weighted by Crippen LogP contribution is -2.57. The van der Waals surface area contributed by atoms with Gasteiger partial charge in [0.05, 0.1) is 5.41 Å². The topological polar surface area (TPSA) is 69.6 Å². The predicted molar refractivity (Wildman–Crippen MR) is 64.7 cm³/mol. The Labute approximate surface area is 102 Å². The second-order valence-corrected chi connectivity index (χ2v) is 5.57. The minimum absolute atomic E-state index is 0.0999. The highest BCUT2D eigenvalue weighted by Gasteiger charge is 2.43. The lowest BCUT2D eigenvalue weighted by atomic mass is 9.80. The molecule has 1 aliphatic heterocycles. The van der Waals surface area contributed by atoms with E-state index in [4.69, 9.17) is 5.11 Å². The molecule has 5 nitrogen and oxygen atoms in total. The number of hydrogen-bond donors (Lipinski definition) is 2. The van der Waals surface area contributed by atoms with E-state index in [9.17, 15) is 9.59 Å². The normalized spacial score (nSPS) is 25.4. The number of carbonyl (C=O) groups is 2. The Morgan fingerprint density at radius 3 is 2.41 bits per heavy atom. The number of likely N-dealkylation sites (N-methyl/N-ethyl adjacent to an activating group) is 1. The van der Waals surface area contributed by atoms with E-state index in [0.717, 1.165) is 19.4 Å². The molecule has 0 radical (unpaired) electrons. The van der Waals surface area contributed by atoms with Crippen molar-refractivity contribution < 1.29 is 14.7 Å². The van der Waals surface area contributed by atoms with E-state index in [1.807, 2.05) is 6.92 Å². The molecule has 0 aliphatic carbocycles. The molecule has 0 saturated carbocycles. The molecular formula is C12H22N2O3. The van der Waals surface area contributed by atoms with Crippen LogP contribution in [0.4, 0.5) is 0 Å². The summed E-state index contributed by atoms with van der Waals surface area (Å²) in [4.78, 5) is 24.9. The van der Waals surface area contributed by atoms with Crippen LogP contribution in [0, 0.1) is 5.41 Å². The summed E-state index contributed by atoms with van der Waals surface area (Å²) in [7, 11) is 1.57. The van der Waals surface area contributed by atoms with Gasteiger partial charge in [0.15, 0.2) is 0 Å². The second-order valence-electron chi connectivity index (χ2n) is 5.57. The maximum absolute atomic E-state index is 12.4. The molecule has 1 unspecified atom stereocenters. The van der Waals surface area contributed by atoms with Crippen LogP contribution in [-0.4, -0.2) is 47.6 Å². The summed E-state index contributed by atoms with van der Waals surface area (Å²) >= 11 is 0. The van der Waals surface area contributed by atoms with Crippen LogP contribution in [-0.2, 0) is 9.59 Å². The maximum Gasteiger partial charge on any atom is 0.329 e. The van der Waals surface area contributed by atoms with E-state index in [0.29, 0.717) is 6.54 Å². The van der Waals surface area contributed by atoms with E-state index in [1.54, 1.807) is 20.9 Å². The Morgan fingerprint density at radius 2 is 2.00 bits per heavy atom. The molecule has 98 valence electrons. The molecular weight excluding hydrogens is 220 g/mol. The van der Waals surface area contributed by atoms with Crippen molar-refractivity contribution in [3.8, 4) is 0 Å². The molecule has 1 aliphatic rings. The summed E-state index contributed by atoms with van der Waals surface area (Å²) in [5, 5.41) is 12.3. The van der Waals surface area contributed by atoms with Gasteiger partial charge in [-0.15, -0.1) is 0 Å². The van der Waals surface area contributed by atoms with Crippen LogP contribution < -0.4 is 5.32 Å². The van der Waals surface area contributed by atoms with E-state index >= 15 is 0 Å². The van der Waals surface area contributed by atoms with E-state index in [-0.39, 0.29) is 5.91 Å². The summed E-state index contributed by atoms with van der Waals surface area (Å²) in [6, 6.07) is 0. The molecule has 2 N–H and O–H groups in total. The van der Waals surface area contributed by atoms with Crippen molar-refractivity contribution in [2.75, 3.05) is 20.1 Å². The lowest BCUT2D eigenvalue weighted by Gasteiger charge is -2.40. The first-order valence-electron chi connectivity index (χ1n) is 5.94. The Balaban J connectivity index is 2.85. The van der Waals surface area contributed by atoms with Gasteiger partial charge in [-0.25, -0.2) is 4.79 Å². The Kier molecular flexibility index (Phi) is 3.81. The van der Waals surface area contributed by atoms with Crippen molar-refractivity contribution in [1.29, 1.82) is 0 Å². The lowest BCUT2D eigenvalue weighted by molar-refractivity contribution is -0.160. The molecule has 0 spiro atoms. The van der Waals surface area contributed by atoms with Gasteiger partial charge in [0.2, 0.25) is 5.91 Å². The van der Waals surface area contributed by atoms with Crippen molar-refractivity contribution in [3.63, 3.8) is 0 Å². The summed E-state index contributed by atoms with van der Waals surface area (Å²) in [5.74, 6) is -1.09. The third-order valence-corrected chi connectivity index (χ3v) is 3.78. The van der Waals surface area contributed by atoms with Gasteiger partial charge in [0.25, 0.3) is 0 Å². The first kappa shape index (κ1) is 14.0. The van der Waals surface area contributed by atoms with Crippen LogP contribution in [0.15, 0.2) is 0 Å². The highest BCUT2D eigenvalue weighted by atomic mass is 16.4. The molecule has 17 heavy (non-hydrogen) atoms. The molecule has 0 aromatic carbocycles. The number of amides is 1. The number of carboxylic acids is 1. The molecule has 0 bridgehead atoms. The van der Waals surface area contributed by atoms with Crippen molar-refractivity contribution in [2.45, 2.75) is 39.2 Å². The van der Waals surface area contributed by atoms with Crippen LogP contribution >= 0.6 is 0 Å². The fraction of sp³-hybridized carbons (Fsp3) is 0.833. The van der Waals surface area contributed by atoms with Crippen LogP contribution in [0.5, 0.6) is 0 Å². The number of nitrogens with one attached hydrogen (secondary N) is 1. The zero-order valence-corrected chi connectivity index (χ0v) is 11.0. The van der Waals surface area contributed by atoms with Crippen LogP contribution in [0.1, 0.15) is 33.6 Å². The largest absolute Gasteiger partial charge is 0.480 e. The third kappa shape index (κ3) is 2.60. The fourth-order valence-electron chi connectivity index (χ4n) is 2.04. The number of nitrogens with zero attached hydrogens (tertiary/aromatic N) is 1. The first-order valence-corrected chi connectivity index (χ1v) is 5.94. The van der Waals surface area contributed by atoms with Crippen LogP contribution in [0.3, 0.4) is 0 Å². The van der Waals surface area contributed by atoms with Gasteiger partial charge < -0.3 is 15.3 Å². The number of piperidine rings is 1. The van der Waals surface area contributed by atoms with Crippen molar-refractivity contribution in [1.82, 2.24) is 10.2 Å². The predicted octanol–water partition coefficient (Wildman–Crippen LogP) is 0.698. The molecule has 1 amide bonds. The van der Waals surface area contributed by atoms with E-state index in [1.165, 1.54) is 4.90 Å². The zero-order chi connectivity index (χ0) is 13.3. The van der Waals surface area contributed by atoms with Crippen LogP contribution in [0.25, 0.3) is 0 Å². The summed E-state index contributed by atoms with van der Waals surface area (Å²) in [6.07, 6.45) is 1.75. The SMILES string of the molecule is CN(C(=O)C1(C)CCCNC1)C(C)(C)C(=O)O. The molecule has 0 aromatic heterocycles. The summed E-state index contributed by atoms with van der Waals surface area (Å²) in [6.45, 7) is 6.54. The molecule has 1 atom stereocenters. The third-order valence-electron chi connectivity index (χ3n) is 3.78. The highest BCUT2D eigenvalue weighted by Crippen LogP contribution is 2.30. The molecule has 5 heteroatoms. The maximum atomic E-state index is 12.4. The van der Waals surface area contributed by atoms with Gasteiger partial charge in [0, 0.05) is 13.6 Å². The van der Waals surface area contributed by atoms with Gasteiger partial charge in [-0.2, -0.15) is 0 Å². The summed E-state index contributed by atoms with van der Waals surface area (Å²) < 4.78 is 0. The molecule has 0 aromatic rings. The average Bonchev–Trinajstić information content (AvgIpc) is 2.27. The molecule has 1 rings (SSSR count). The Hall–Kier alpha value is -1.10. The molecule has 1 fully saturated rings. The Morgan fingerprint density at radius 1 is 1.41 bits per heavy atom. The van der Waals surface area contributed by atoms with E-state index < -0.39 is 16.9 Å². The van der Waals surface area contributed by atoms with Gasteiger partial charge in [-0.05, 0) is 40.2 Å². The Bertz CT molecular complexity index is 320. The smallest absolute Gasteiger partial charge is 0.329 e. The van der Waals surface area contributed by atoms with Crippen molar-refractivity contribution >= 4 is 11.9 Å². The molecule has 1 saturated heterocycles. The minimum atomic E-state index is -1.17. The van der Waals surface area contributed by atoms with Gasteiger partial charge >= 0.3 is 5.97 Å². The number of carboxylic acid groups (broad SMARTS) is 1. The zero-order valence-electron chi connectivity index (χ0n) is 11.0. The van der Waals surface area contributed by atoms with E-state index in [2.05, 4.69) is 5.32 Å². The number of aliphatic carboxylic acids is 1. The quantitative estimate of drug-likeness (QED) is 0.764. The number of hydrogen-bond acceptors (Lipinski definition) is 3. The standard InChI is InChI=1S/C12H22N2O3/c1-11(2,10(16)17)14(4)9(15)12(3)6-5-7-13-8-12/h13H,5-8H2,1-4H3,(H,16,17). The second kappa shape index (κ2) is 4.64. The van der Waals surface area contributed by atoms with Crippen molar-refractivity contribution in [2.24, 2.45) is 5.41 Å². The minimum Gasteiger partial charge on any atom is -0.480 e. The molecule has 1 heterocycles. The summed E-state index contributed by atoms with van der Waals surface area (Å²) in [5.41, 5.74) is -1.66. The highest BCUT2D eigenvalue weighted by molar-refractivity contribution is 5.89. The first-order chi connectivity index (χ1) is 7.72. The van der Waals surface area contributed by atoms with Gasteiger partial charge in [0.1, 0.15) is 5.54 Å². The monoisotopic (exact) mass is 242 g/mol. The fourth-order valence-corrected chi connectivity index (χ4v) is 2.04. The van der Waals surface area contributed by atoms with Crippen molar-refractivity contribution in [3.05, 3.63) is 0 Å². The van der Waals surface area contributed by atoms with Crippen LogP contribution in [0.2, 0.25) is 0 Å². The average molecular weight is 242 g/mol.